The van der Waals surface area contributed by atoms with Gasteiger partial charge in [-0.15, -0.1) is 0 Å². The fraction of sp³-hybridized carbons (Fsp3) is 0.200. The van der Waals surface area contributed by atoms with Crippen molar-refractivity contribution in [3.8, 4) is 11.5 Å². The zero-order valence-corrected chi connectivity index (χ0v) is 15.4. The molecule has 1 aromatic heterocycles. The SMILES string of the molecule is Cc1noc(Cl)c1CCC(=O)N(C)c1ccc(Oc2ccccc2)cc1. The third kappa shape index (κ3) is 4.24. The Morgan fingerprint density at radius 3 is 2.38 bits per heavy atom. The number of amides is 1. The summed E-state index contributed by atoms with van der Waals surface area (Å²) in [5, 5.41) is 4.05. The summed E-state index contributed by atoms with van der Waals surface area (Å²) in [6.07, 6.45) is 0.813. The van der Waals surface area contributed by atoms with Crippen LogP contribution in [0.2, 0.25) is 5.22 Å². The Kier molecular flexibility index (Phi) is 5.58. The van der Waals surface area contributed by atoms with Gasteiger partial charge in [0.25, 0.3) is 0 Å². The molecule has 6 heteroatoms. The number of rotatable bonds is 6. The van der Waals surface area contributed by atoms with Gasteiger partial charge in [0.15, 0.2) is 0 Å². The van der Waals surface area contributed by atoms with Crippen LogP contribution >= 0.6 is 11.6 Å². The zero-order valence-electron chi connectivity index (χ0n) is 14.6. The number of nitrogens with zero attached hydrogens (tertiary/aromatic N) is 2. The summed E-state index contributed by atoms with van der Waals surface area (Å²) in [4.78, 5) is 14.1. The molecule has 3 rings (SSSR count). The first-order chi connectivity index (χ1) is 12.5. The quantitative estimate of drug-likeness (QED) is 0.611. The molecule has 0 aliphatic carbocycles. The number of carbonyl (C=O) groups is 1. The monoisotopic (exact) mass is 370 g/mol. The van der Waals surface area contributed by atoms with Gasteiger partial charge in [0.05, 0.1) is 5.69 Å². The van der Waals surface area contributed by atoms with Crippen molar-refractivity contribution in [2.45, 2.75) is 19.8 Å². The number of anilines is 1. The molecule has 5 nitrogen and oxygen atoms in total. The van der Waals surface area contributed by atoms with Gasteiger partial charge < -0.3 is 14.2 Å². The first kappa shape index (κ1) is 18.0. The highest BCUT2D eigenvalue weighted by molar-refractivity contribution is 6.29. The van der Waals surface area contributed by atoms with Crippen LogP contribution in [-0.4, -0.2) is 18.1 Å². The molecule has 0 aliphatic rings. The number of para-hydroxylation sites is 1. The van der Waals surface area contributed by atoms with E-state index in [2.05, 4.69) is 5.16 Å². The molecule has 0 N–H and O–H groups in total. The second kappa shape index (κ2) is 8.06. The summed E-state index contributed by atoms with van der Waals surface area (Å²) in [7, 11) is 1.75. The predicted octanol–water partition coefficient (Wildman–Crippen LogP) is 5.02. The number of hydrogen-bond donors (Lipinski definition) is 0. The summed E-state index contributed by atoms with van der Waals surface area (Å²) in [6.45, 7) is 1.81. The molecular weight excluding hydrogens is 352 g/mol. The van der Waals surface area contributed by atoms with Gasteiger partial charge in [0, 0.05) is 24.7 Å². The van der Waals surface area contributed by atoms with Gasteiger partial charge in [-0.05, 0) is 61.3 Å². The van der Waals surface area contributed by atoms with E-state index in [4.69, 9.17) is 20.9 Å². The van der Waals surface area contributed by atoms with E-state index in [9.17, 15) is 4.79 Å². The van der Waals surface area contributed by atoms with E-state index in [1.54, 1.807) is 11.9 Å². The number of halogens is 1. The lowest BCUT2D eigenvalue weighted by Crippen LogP contribution is -2.26. The topological polar surface area (TPSA) is 55.6 Å². The van der Waals surface area contributed by atoms with Crippen molar-refractivity contribution in [1.82, 2.24) is 5.16 Å². The largest absolute Gasteiger partial charge is 0.457 e. The van der Waals surface area contributed by atoms with Gasteiger partial charge >= 0.3 is 0 Å². The van der Waals surface area contributed by atoms with E-state index in [0.29, 0.717) is 24.3 Å². The van der Waals surface area contributed by atoms with Crippen molar-refractivity contribution < 1.29 is 14.1 Å². The number of benzene rings is 2. The van der Waals surface area contributed by atoms with E-state index < -0.39 is 0 Å². The van der Waals surface area contributed by atoms with Crippen molar-refractivity contribution >= 4 is 23.2 Å². The standard InChI is InChI=1S/C20H19ClN2O3/c1-14-18(20(21)26-22-14)12-13-19(24)23(2)15-8-10-17(11-9-15)25-16-6-4-3-5-7-16/h3-11H,12-13H2,1-2H3. The molecule has 0 spiro atoms. The van der Waals surface area contributed by atoms with Crippen LogP contribution in [-0.2, 0) is 11.2 Å². The van der Waals surface area contributed by atoms with Crippen LogP contribution < -0.4 is 9.64 Å². The summed E-state index contributed by atoms with van der Waals surface area (Å²) >= 11 is 5.94. The van der Waals surface area contributed by atoms with Crippen LogP contribution in [0.1, 0.15) is 17.7 Å². The average molecular weight is 371 g/mol. The van der Waals surface area contributed by atoms with E-state index in [1.807, 2.05) is 61.5 Å². The summed E-state index contributed by atoms with van der Waals surface area (Å²) in [6, 6.07) is 16.9. The lowest BCUT2D eigenvalue weighted by Gasteiger charge is -2.17. The molecular formula is C20H19ClN2O3. The third-order valence-corrected chi connectivity index (χ3v) is 4.40. The Bertz CT molecular complexity index is 856. The fourth-order valence-electron chi connectivity index (χ4n) is 2.55. The maximum atomic E-state index is 12.4. The second-order valence-corrected chi connectivity index (χ2v) is 6.23. The third-order valence-electron chi connectivity index (χ3n) is 4.10. The van der Waals surface area contributed by atoms with Gasteiger partial charge in [0.2, 0.25) is 11.1 Å². The highest BCUT2D eigenvalue weighted by atomic mass is 35.5. The number of aromatic nitrogens is 1. The number of ether oxygens (including phenoxy) is 1. The lowest BCUT2D eigenvalue weighted by atomic mass is 10.1. The average Bonchev–Trinajstić information content (AvgIpc) is 2.98. The highest BCUT2D eigenvalue weighted by Crippen LogP contribution is 2.25. The molecule has 0 atom stereocenters. The van der Waals surface area contributed by atoms with Crippen LogP contribution in [0.15, 0.2) is 59.1 Å². The van der Waals surface area contributed by atoms with Crippen LogP contribution in [0.3, 0.4) is 0 Å². The smallest absolute Gasteiger partial charge is 0.229 e. The number of aryl methyl sites for hydroxylation is 1. The van der Waals surface area contributed by atoms with Crippen LogP contribution in [0.25, 0.3) is 0 Å². The van der Waals surface area contributed by atoms with Crippen LogP contribution in [0.4, 0.5) is 5.69 Å². The van der Waals surface area contributed by atoms with Crippen molar-refractivity contribution in [2.24, 2.45) is 0 Å². The molecule has 2 aromatic carbocycles. The molecule has 1 amide bonds. The number of hydrogen-bond acceptors (Lipinski definition) is 4. The van der Waals surface area contributed by atoms with Crippen molar-refractivity contribution in [3.63, 3.8) is 0 Å². The Hall–Kier alpha value is -2.79. The first-order valence-corrected chi connectivity index (χ1v) is 8.62. The first-order valence-electron chi connectivity index (χ1n) is 8.25. The highest BCUT2D eigenvalue weighted by Gasteiger charge is 2.16. The van der Waals surface area contributed by atoms with Gasteiger partial charge in [-0.1, -0.05) is 23.4 Å². The van der Waals surface area contributed by atoms with Gasteiger partial charge in [-0.2, -0.15) is 0 Å². The second-order valence-electron chi connectivity index (χ2n) is 5.88. The van der Waals surface area contributed by atoms with Crippen LogP contribution in [0.5, 0.6) is 11.5 Å². The molecule has 0 radical (unpaired) electrons. The molecule has 26 heavy (non-hydrogen) atoms. The van der Waals surface area contributed by atoms with E-state index in [-0.39, 0.29) is 11.1 Å². The molecule has 0 saturated carbocycles. The maximum Gasteiger partial charge on any atom is 0.229 e. The Morgan fingerprint density at radius 2 is 1.77 bits per heavy atom. The molecule has 1 heterocycles. The van der Waals surface area contributed by atoms with Crippen molar-refractivity contribution in [3.05, 3.63) is 71.1 Å². The molecule has 0 saturated heterocycles. The normalized spacial score (nSPS) is 10.6. The summed E-state index contributed by atoms with van der Waals surface area (Å²) < 4.78 is 10.7. The van der Waals surface area contributed by atoms with Gasteiger partial charge in [0.1, 0.15) is 11.5 Å². The van der Waals surface area contributed by atoms with Crippen molar-refractivity contribution in [2.75, 3.05) is 11.9 Å². The fourth-order valence-corrected chi connectivity index (χ4v) is 2.81. The molecule has 0 fully saturated rings. The minimum atomic E-state index is -0.0154. The molecule has 3 aromatic rings. The maximum absolute atomic E-state index is 12.4. The Labute approximate surface area is 157 Å². The molecule has 0 aliphatic heterocycles. The minimum Gasteiger partial charge on any atom is -0.457 e. The minimum absolute atomic E-state index is 0.0154. The number of carbonyl (C=O) groups excluding carboxylic acids is 1. The predicted molar refractivity (Wildman–Crippen MR) is 101 cm³/mol. The molecule has 0 bridgehead atoms. The van der Waals surface area contributed by atoms with Gasteiger partial charge in [-0.25, -0.2) is 0 Å². The van der Waals surface area contributed by atoms with E-state index >= 15 is 0 Å². The lowest BCUT2D eigenvalue weighted by molar-refractivity contribution is -0.118. The summed E-state index contributed by atoms with van der Waals surface area (Å²) in [5.41, 5.74) is 2.29. The van der Waals surface area contributed by atoms with Crippen LogP contribution in [0, 0.1) is 6.92 Å². The van der Waals surface area contributed by atoms with Crippen molar-refractivity contribution in [1.29, 1.82) is 0 Å². The van der Waals surface area contributed by atoms with E-state index in [1.165, 1.54) is 0 Å². The van der Waals surface area contributed by atoms with E-state index in [0.717, 1.165) is 17.0 Å². The molecule has 0 unspecified atom stereocenters. The van der Waals surface area contributed by atoms with Gasteiger partial charge in [-0.3, -0.25) is 4.79 Å². The molecule has 134 valence electrons. The Balaban J connectivity index is 1.60. The zero-order chi connectivity index (χ0) is 18.5. The summed E-state index contributed by atoms with van der Waals surface area (Å²) in [5.74, 6) is 1.47. The Morgan fingerprint density at radius 1 is 1.12 bits per heavy atom.